The minimum absolute atomic E-state index is 0.233. The normalized spacial score (nSPS) is 18.4. The molecule has 1 atom stereocenters. The third-order valence-electron chi connectivity index (χ3n) is 4.80. The molecule has 2 aromatic heterocycles. The topological polar surface area (TPSA) is 34.0 Å². The van der Waals surface area contributed by atoms with Crippen LogP contribution in [0.5, 0.6) is 0 Å². The van der Waals surface area contributed by atoms with E-state index in [1.54, 1.807) is 16.8 Å². The largest absolute Gasteiger partial charge is 0.292 e. The Labute approximate surface area is 146 Å². The number of rotatable bonds is 4. The van der Waals surface area contributed by atoms with Crippen molar-refractivity contribution in [3.8, 4) is 5.69 Å². The molecular weight excluding hydrogens is 315 g/mol. The molecule has 128 valence electrons. The molecule has 0 amide bonds. The Hall–Kier alpha value is -2.53. The molecule has 0 radical (unpaired) electrons. The maximum atomic E-state index is 13.1. The Morgan fingerprint density at radius 2 is 1.96 bits per heavy atom. The molecule has 25 heavy (non-hydrogen) atoms. The van der Waals surface area contributed by atoms with Crippen LogP contribution in [0.1, 0.15) is 36.4 Å². The van der Waals surface area contributed by atoms with E-state index in [2.05, 4.69) is 21.0 Å². The fourth-order valence-electron chi connectivity index (χ4n) is 3.54. The first-order chi connectivity index (χ1) is 12.3. The molecule has 4 nitrogen and oxygen atoms in total. The van der Waals surface area contributed by atoms with Crippen molar-refractivity contribution < 1.29 is 4.39 Å². The molecule has 1 aliphatic rings. The van der Waals surface area contributed by atoms with Crippen LogP contribution in [0.15, 0.2) is 61.2 Å². The van der Waals surface area contributed by atoms with Gasteiger partial charge in [-0.15, -0.1) is 0 Å². The van der Waals surface area contributed by atoms with E-state index in [1.165, 1.54) is 36.1 Å². The zero-order valence-electron chi connectivity index (χ0n) is 14.1. The highest BCUT2D eigenvalue weighted by molar-refractivity contribution is 5.31. The van der Waals surface area contributed by atoms with Crippen LogP contribution in [-0.4, -0.2) is 26.2 Å². The van der Waals surface area contributed by atoms with Crippen molar-refractivity contribution in [2.75, 3.05) is 6.54 Å². The van der Waals surface area contributed by atoms with Crippen molar-refractivity contribution in [2.24, 2.45) is 0 Å². The summed E-state index contributed by atoms with van der Waals surface area (Å²) in [6, 6.07) is 11.0. The summed E-state index contributed by atoms with van der Waals surface area (Å²) in [4.78, 5) is 6.78. The number of hydrogen-bond donors (Lipinski definition) is 0. The van der Waals surface area contributed by atoms with Gasteiger partial charge in [-0.05, 0) is 55.3 Å². The molecule has 1 saturated heterocycles. The quantitative estimate of drug-likeness (QED) is 0.718. The maximum absolute atomic E-state index is 13.1. The van der Waals surface area contributed by atoms with Gasteiger partial charge in [-0.25, -0.2) is 9.07 Å². The number of benzene rings is 1. The summed E-state index contributed by atoms with van der Waals surface area (Å²) >= 11 is 0. The van der Waals surface area contributed by atoms with Crippen LogP contribution in [0.3, 0.4) is 0 Å². The van der Waals surface area contributed by atoms with Crippen LogP contribution < -0.4 is 0 Å². The lowest BCUT2D eigenvalue weighted by molar-refractivity contribution is 0.140. The first kappa shape index (κ1) is 16.0. The minimum atomic E-state index is -0.233. The lowest BCUT2D eigenvalue weighted by atomic mass is 9.96. The van der Waals surface area contributed by atoms with Gasteiger partial charge in [-0.1, -0.05) is 12.5 Å². The van der Waals surface area contributed by atoms with Crippen LogP contribution in [0.4, 0.5) is 4.39 Å². The van der Waals surface area contributed by atoms with Gasteiger partial charge in [-0.3, -0.25) is 9.88 Å². The van der Waals surface area contributed by atoms with Crippen LogP contribution in [-0.2, 0) is 6.54 Å². The average Bonchev–Trinajstić information content (AvgIpc) is 3.12. The SMILES string of the molecule is Fc1ccc(-n2cc(CN3CCCCC3c3cccnc3)cn2)cc1. The Balaban J connectivity index is 1.51. The predicted octanol–water partition coefficient (Wildman–Crippen LogP) is 4.13. The highest BCUT2D eigenvalue weighted by atomic mass is 19.1. The number of nitrogens with zero attached hydrogens (tertiary/aromatic N) is 4. The van der Waals surface area contributed by atoms with E-state index in [0.717, 1.165) is 25.2 Å². The van der Waals surface area contributed by atoms with E-state index in [1.807, 2.05) is 30.9 Å². The zero-order valence-corrected chi connectivity index (χ0v) is 14.1. The molecular formula is C20H21FN4. The van der Waals surface area contributed by atoms with Crippen molar-refractivity contribution >= 4 is 0 Å². The molecule has 1 unspecified atom stereocenters. The van der Waals surface area contributed by atoms with Gasteiger partial charge in [0.2, 0.25) is 0 Å². The lowest BCUT2D eigenvalue weighted by Gasteiger charge is -2.35. The second-order valence-corrected chi connectivity index (χ2v) is 6.54. The van der Waals surface area contributed by atoms with E-state index in [9.17, 15) is 4.39 Å². The summed E-state index contributed by atoms with van der Waals surface area (Å²) < 4.78 is 14.9. The van der Waals surface area contributed by atoms with Gasteiger partial charge in [0.1, 0.15) is 5.82 Å². The second kappa shape index (κ2) is 7.15. The smallest absolute Gasteiger partial charge is 0.123 e. The Morgan fingerprint density at radius 1 is 1.08 bits per heavy atom. The minimum Gasteiger partial charge on any atom is -0.292 e. The van der Waals surface area contributed by atoms with Gasteiger partial charge < -0.3 is 0 Å². The number of hydrogen-bond acceptors (Lipinski definition) is 3. The van der Waals surface area contributed by atoms with Crippen LogP contribution in [0, 0.1) is 5.82 Å². The van der Waals surface area contributed by atoms with E-state index < -0.39 is 0 Å². The van der Waals surface area contributed by atoms with Crippen LogP contribution in [0.25, 0.3) is 5.69 Å². The number of pyridine rings is 1. The molecule has 0 bridgehead atoms. The molecule has 0 N–H and O–H groups in total. The van der Waals surface area contributed by atoms with Crippen molar-refractivity contribution in [2.45, 2.75) is 31.8 Å². The number of halogens is 1. The highest BCUT2D eigenvalue weighted by Gasteiger charge is 2.24. The second-order valence-electron chi connectivity index (χ2n) is 6.54. The number of piperidine rings is 1. The van der Waals surface area contributed by atoms with E-state index >= 15 is 0 Å². The highest BCUT2D eigenvalue weighted by Crippen LogP contribution is 2.31. The molecule has 3 heterocycles. The van der Waals surface area contributed by atoms with Crippen molar-refractivity contribution in [3.63, 3.8) is 0 Å². The summed E-state index contributed by atoms with van der Waals surface area (Å²) in [5.74, 6) is -0.233. The van der Waals surface area contributed by atoms with Gasteiger partial charge in [0.05, 0.1) is 11.9 Å². The Bertz CT molecular complexity index is 813. The molecule has 4 rings (SSSR count). The van der Waals surface area contributed by atoms with Gasteiger partial charge >= 0.3 is 0 Å². The molecule has 3 aromatic rings. The van der Waals surface area contributed by atoms with Gasteiger partial charge in [0.25, 0.3) is 0 Å². The zero-order chi connectivity index (χ0) is 17.1. The molecule has 1 aliphatic heterocycles. The summed E-state index contributed by atoms with van der Waals surface area (Å²) in [6.07, 6.45) is 11.4. The monoisotopic (exact) mass is 336 g/mol. The maximum Gasteiger partial charge on any atom is 0.123 e. The Morgan fingerprint density at radius 3 is 2.76 bits per heavy atom. The third kappa shape index (κ3) is 3.61. The molecule has 1 fully saturated rings. The lowest BCUT2D eigenvalue weighted by Crippen LogP contribution is -2.32. The number of aromatic nitrogens is 3. The van der Waals surface area contributed by atoms with Crippen LogP contribution >= 0.6 is 0 Å². The van der Waals surface area contributed by atoms with E-state index in [0.29, 0.717) is 6.04 Å². The van der Waals surface area contributed by atoms with Gasteiger partial charge in [0, 0.05) is 36.7 Å². The predicted molar refractivity (Wildman–Crippen MR) is 94.8 cm³/mol. The summed E-state index contributed by atoms with van der Waals surface area (Å²) in [6.45, 7) is 1.95. The average molecular weight is 336 g/mol. The van der Waals surface area contributed by atoms with Crippen molar-refractivity contribution in [3.05, 3.63) is 78.1 Å². The Kier molecular flexibility index (Phi) is 4.57. The molecule has 0 spiro atoms. The number of likely N-dealkylation sites (tertiary alicyclic amines) is 1. The van der Waals surface area contributed by atoms with Crippen molar-refractivity contribution in [1.29, 1.82) is 0 Å². The summed E-state index contributed by atoms with van der Waals surface area (Å²) in [5.41, 5.74) is 3.32. The van der Waals surface area contributed by atoms with E-state index in [-0.39, 0.29) is 5.82 Å². The first-order valence-corrected chi connectivity index (χ1v) is 8.73. The van der Waals surface area contributed by atoms with Gasteiger partial charge in [-0.2, -0.15) is 5.10 Å². The molecule has 5 heteroatoms. The molecule has 1 aromatic carbocycles. The fraction of sp³-hybridized carbons (Fsp3) is 0.300. The molecule has 0 saturated carbocycles. The van der Waals surface area contributed by atoms with Crippen LogP contribution in [0.2, 0.25) is 0 Å². The standard InChI is InChI=1S/C20H21FN4/c21-18-6-8-19(9-7-18)25-15-16(12-23-25)14-24-11-2-1-5-20(24)17-4-3-10-22-13-17/h3-4,6-10,12-13,15,20H,1-2,5,11,14H2. The first-order valence-electron chi connectivity index (χ1n) is 8.73. The van der Waals surface area contributed by atoms with E-state index in [4.69, 9.17) is 0 Å². The fourth-order valence-corrected chi connectivity index (χ4v) is 3.54. The summed E-state index contributed by atoms with van der Waals surface area (Å²) in [5, 5.41) is 4.43. The van der Waals surface area contributed by atoms with Gasteiger partial charge in [0.15, 0.2) is 0 Å². The summed E-state index contributed by atoms with van der Waals surface area (Å²) in [7, 11) is 0. The van der Waals surface area contributed by atoms with Crippen molar-refractivity contribution in [1.82, 2.24) is 19.7 Å². The molecule has 0 aliphatic carbocycles. The third-order valence-corrected chi connectivity index (χ3v) is 4.80.